The first-order chi connectivity index (χ1) is 12.8. The Hall–Kier alpha value is -2.21. The third kappa shape index (κ3) is 3.96. The van der Waals surface area contributed by atoms with Gasteiger partial charge in [-0.1, -0.05) is 18.2 Å². The van der Waals surface area contributed by atoms with E-state index in [-0.39, 0.29) is 12.0 Å². The third-order valence-electron chi connectivity index (χ3n) is 4.68. The van der Waals surface area contributed by atoms with E-state index in [2.05, 4.69) is 10.3 Å². The number of para-hydroxylation sites is 1. The maximum absolute atomic E-state index is 12.5. The Bertz CT molecular complexity index is 777. The summed E-state index contributed by atoms with van der Waals surface area (Å²) in [4.78, 5) is 18.0. The molecule has 1 aliphatic carbocycles. The minimum atomic E-state index is -0.481. The molecule has 1 saturated carbocycles. The largest absolute Gasteiger partial charge is 0.479 e. The molecule has 26 heavy (non-hydrogen) atoms. The molecule has 0 radical (unpaired) electrons. The fraction of sp³-hybridized carbons (Fsp3) is 0.400. The van der Waals surface area contributed by atoms with Gasteiger partial charge in [-0.25, -0.2) is 4.98 Å². The highest BCUT2D eigenvalue weighted by Crippen LogP contribution is 2.35. The molecule has 1 aliphatic heterocycles. The molecule has 1 aromatic heterocycles. The van der Waals surface area contributed by atoms with Crippen LogP contribution in [-0.4, -0.2) is 28.9 Å². The number of nitrogens with one attached hydrogen (secondary N) is 1. The number of hydrogen-bond donors (Lipinski definition) is 1. The summed E-state index contributed by atoms with van der Waals surface area (Å²) >= 11 is 1.65. The number of fused-ring (bicyclic) bond motifs is 1. The first-order valence-corrected chi connectivity index (χ1v) is 10.0. The lowest BCUT2D eigenvalue weighted by molar-refractivity contribution is -0.127. The number of hydrogen-bond acceptors (Lipinski definition) is 5. The predicted octanol–water partition coefficient (Wildman–Crippen LogP) is 3.57. The average Bonchev–Trinajstić information content (AvgIpc) is 3.20. The van der Waals surface area contributed by atoms with Crippen molar-refractivity contribution in [3.05, 3.63) is 48.2 Å². The topological polar surface area (TPSA) is 60.5 Å². The standard InChI is InChI=1S/C20H22N2O3S/c23-19(17-13-26-18-10-4-3-9-16(18)25-17)22-12-14-6-5-11-21-20(14)24-15-7-1-2-8-15/h3-6,9-11,15,17H,1-2,7-8,12-13H2,(H,22,23)/t17-/m0/s1. The summed E-state index contributed by atoms with van der Waals surface area (Å²) in [6, 6.07) is 11.6. The van der Waals surface area contributed by atoms with Gasteiger partial charge in [-0.15, -0.1) is 11.8 Å². The minimum absolute atomic E-state index is 0.109. The SMILES string of the molecule is O=C(NCc1cccnc1OC1CCCC1)[C@@H]1CSc2ccccc2O1. The van der Waals surface area contributed by atoms with Crippen LogP contribution in [0.2, 0.25) is 0 Å². The quantitative estimate of drug-likeness (QED) is 0.872. The van der Waals surface area contributed by atoms with Crippen molar-refractivity contribution in [1.29, 1.82) is 0 Å². The summed E-state index contributed by atoms with van der Waals surface area (Å²) in [6.07, 6.45) is 6.07. The van der Waals surface area contributed by atoms with Crippen molar-refractivity contribution < 1.29 is 14.3 Å². The van der Waals surface area contributed by atoms with Crippen LogP contribution in [0.15, 0.2) is 47.5 Å². The van der Waals surface area contributed by atoms with Gasteiger partial charge >= 0.3 is 0 Å². The number of amides is 1. The predicted molar refractivity (Wildman–Crippen MR) is 101 cm³/mol. The lowest BCUT2D eigenvalue weighted by Gasteiger charge is -2.24. The summed E-state index contributed by atoms with van der Waals surface area (Å²) in [7, 11) is 0. The molecule has 4 rings (SSSR count). The number of benzene rings is 1. The Morgan fingerprint density at radius 2 is 2.08 bits per heavy atom. The maximum atomic E-state index is 12.5. The molecule has 2 aliphatic rings. The molecule has 0 unspecified atom stereocenters. The van der Waals surface area contributed by atoms with Gasteiger partial charge in [-0.3, -0.25) is 4.79 Å². The lowest BCUT2D eigenvalue weighted by atomic mass is 10.2. The normalized spacial score (nSPS) is 19.5. The Labute approximate surface area is 157 Å². The van der Waals surface area contributed by atoms with Crippen LogP contribution in [-0.2, 0) is 11.3 Å². The van der Waals surface area contributed by atoms with E-state index in [0.29, 0.717) is 18.2 Å². The highest BCUT2D eigenvalue weighted by Gasteiger charge is 2.26. The molecule has 1 aromatic carbocycles. The zero-order valence-electron chi connectivity index (χ0n) is 14.5. The molecule has 0 saturated heterocycles. The fourth-order valence-electron chi connectivity index (χ4n) is 3.27. The third-order valence-corrected chi connectivity index (χ3v) is 5.80. The molecule has 5 nitrogen and oxygen atoms in total. The zero-order chi connectivity index (χ0) is 17.8. The van der Waals surface area contributed by atoms with Crippen molar-refractivity contribution in [1.82, 2.24) is 10.3 Å². The highest BCUT2D eigenvalue weighted by atomic mass is 32.2. The van der Waals surface area contributed by atoms with Gasteiger partial charge < -0.3 is 14.8 Å². The molecule has 2 heterocycles. The number of aromatic nitrogens is 1. The first kappa shape index (κ1) is 17.2. The van der Waals surface area contributed by atoms with Crippen LogP contribution in [0.4, 0.5) is 0 Å². The number of nitrogens with zero attached hydrogens (tertiary/aromatic N) is 1. The van der Waals surface area contributed by atoms with E-state index in [1.807, 2.05) is 36.4 Å². The molecule has 1 fully saturated rings. The van der Waals surface area contributed by atoms with Gasteiger partial charge in [0.15, 0.2) is 6.10 Å². The number of carbonyl (C=O) groups excluding carboxylic acids is 1. The van der Waals surface area contributed by atoms with Crippen LogP contribution in [0.25, 0.3) is 0 Å². The highest BCUT2D eigenvalue weighted by molar-refractivity contribution is 7.99. The average molecular weight is 370 g/mol. The monoisotopic (exact) mass is 370 g/mol. The molecule has 2 aromatic rings. The van der Waals surface area contributed by atoms with Gasteiger partial charge in [0.05, 0.1) is 0 Å². The van der Waals surface area contributed by atoms with Crippen molar-refractivity contribution in [2.45, 2.75) is 49.3 Å². The zero-order valence-corrected chi connectivity index (χ0v) is 15.3. The molecule has 1 atom stereocenters. The van der Waals surface area contributed by atoms with E-state index in [4.69, 9.17) is 9.47 Å². The van der Waals surface area contributed by atoms with E-state index in [1.54, 1.807) is 18.0 Å². The van der Waals surface area contributed by atoms with E-state index in [0.717, 1.165) is 29.1 Å². The van der Waals surface area contributed by atoms with Crippen molar-refractivity contribution in [2.24, 2.45) is 0 Å². The van der Waals surface area contributed by atoms with Crippen molar-refractivity contribution in [3.8, 4) is 11.6 Å². The van der Waals surface area contributed by atoms with Crippen LogP contribution in [0.3, 0.4) is 0 Å². The summed E-state index contributed by atoms with van der Waals surface area (Å²) < 4.78 is 11.9. The molecule has 0 bridgehead atoms. The second-order valence-corrected chi connectivity index (χ2v) is 7.64. The smallest absolute Gasteiger partial charge is 0.262 e. The Kier molecular flexibility index (Phi) is 5.29. The minimum Gasteiger partial charge on any atom is -0.479 e. The van der Waals surface area contributed by atoms with Crippen LogP contribution in [0, 0.1) is 0 Å². The number of pyridine rings is 1. The van der Waals surface area contributed by atoms with Crippen LogP contribution < -0.4 is 14.8 Å². The van der Waals surface area contributed by atoms with E-state index in [1.165, 1.54) is 12.8 Å². The van der Waals surface area contributed by atoms with Crippen LogP contribution in [0.1, 0.15) is 31.2 Å². The number of rotatable bonds is 5. The molecule has 1 N–H and O–H groups in total. The van der Waals surface area contributed by atoms with Crippen LogP contribution >= 0.6 is 11.8 Å². The molecule has 6 heteroatoms. The Morgan fingerprint density at radius 1 is 1.23 bits per heavy atom. The molecule has 1 amide bonds. The van der Waals surface area contributed by atoms with Crippen molar-refractivity contribution in [3.63, 3.8) is 0 Å². The lowest BCUT2D eigenvalue weighted by Crippen LogP contribution is -2.41. The fourth-order valence-corrected chi connectivity index (χ4v) is 4.26. The van der Waals surface area contributed by atoms with E-state index < -0.39 is 6.10 Å². The Balaban J connectivity index is 1.36. The molecule has 0 spiro atoms. The van der Waals surface area contributed by atoms with E-state index >= 15 is 0 Å². The summed E-state index contributed by atoms with van der Waals surface area (Å²) in [5.41, 5.74) is 0.900. The molecular formula is C20H22N2O3S. The van der Waals surface area contributed by atoms with Crippen LogP contribution in [0.5, 0.6) is 11.6 Å². The molecule has 136 valence electrons. The number of ether oxygens (including phenoxy) is 2. The summed E-state index contributed by atoms with van der Waals surface area (Å²) in [5, 5.41) is 2.97. The van der Waals surface area contributed by atoms with Crippen molar-refractivity contribution in [2.75, 3.05) is 5.75 Å². The van der Waals surface area contributed by atoms with Gasteiger partial charge in [-0.2, -0.15) is 0 Å². The van der Waals surface area contributed by atoms with Crippen molar-refractivity contribution >= 4 is 17.7 Å². The van der Waals surface area contributed by atoms with Gasteiger partial charge in [0.25, 0.3) is 5.91 Å². The van der Waals surface area contributed by atoms with Gasteiger partial charge in [0.2, 0.25) is 5.88 Å². The molecular weight excluding hydrogens is 348 g/mol. The second-order valence-electron chi connectivity index (χ2n) is 6.57. The summed E-state index contributed by atoms with van der Waals surface area (Å²) in [5.74, 6) is 1.91. The van der Waals surface area contributed by atoms with Gasteiger partial charge in [0.1, 0.15) is 11.9 Å². The summed E-state index contributed by atoms with van der Waals surface area (Å²) in [6.45, 7) is 0.390. The van der Waals surface area contributed by atoms with E-state index in [9.17, 15) is 4.79 Å². The number of thioether (sulfide) groups is 1. The van der Waals surface area contributed by atoms with Gasteiger partial charge in [0, 0.05) is 29.0 Å². The first-order valence-electron chi connectivity index (χ1n) is 9.06. The number of carbonyl (C=O) groups is 1. The van der Waals surface area contributed by atoms with Gasteiger partial charge in [-0.05, 0) is 43.9 Å². The Morgan fingerprint density at radius 3 is 2.96 bits per heavy atom. The maximum Gasteiger partial charge on any atom is 0.262 e. The second kappa shape index (κ2) is 7.99.